The fourth-order valence-corrected chi connectivity index (χ4v) is 5.33. The Balaban J connectivity index is 1.35. The molecule has 1 aromatic carbocycles. The topological polar surface area (TPSA) is 94.5 Å². The van der Waals surface area contributed by atoms with E-state index < -0.39 is 0 Å². The van der Waals surface area contributed by atoms with Gasteiger partial charge < -0.3 is 20.2 Å². The van der Waals surface area contributed by atoms with Crippen molar-refractivity contribution >= 4 is 33.3 Å². The lowest BCUT2D eigenvalue weighted by molar-refractivity contribution is 0.0637. The van der Waals surface area contributed by atoms with E-state index >= 15 is 0 Å². The first-order valence-electron chi connectivity index (χ1n) is 11.8. The lowest BCUT2D eigenvalue weighted by Gasteiger charge is -2.33. The number of nitrogens with one attached hydrogen (secondary N) is 1. The van der Waals surface area contributed by atoms with Gasteiger partial charge in [0.05, 0.1) is 22.9 Å². The zero-order chi connectivity index (χ0) is 24.2. The average Bonchev–Trinajstić information content (AvgIpc) is 3.37. The summed E-state index contributed by atoms with van der Waals surface area (Å²) in [5.74, 6) is 0.664. The van der Waals surface area contributed by atoms with Gasteiger partial charge in [-0.2, -0.15) is 0 Å². The monoisotopic (exact) mass is 488 g/mol. The number of carbonyl (C=O) groups is 1. The number of carbonyl (C=O) groups excluding carboxylic acids is 1. The highest BCUT2D eigenvalue weighted by atomic mass is 32.1. The lowest BCUT2D eigenvalue weighted by atomic mass is 10.1. The Hall–Kier alpha value is -3.40. The molecule has 0 bridgehead atoms. The minimum atomic E-state index is -0.272. The van der Waals surface area contributed by atoms with E-state index in [-0.39, 0.29) is 18.6 Å². The SMILES string of the molecule is CCN1CCN(C(=O)c2ccc(-c3cc4ncnc(N[C@H](CO)c5ccccc5)c4s3)cn2)CC1. The first-order chi connectivity index (χ1) is 17.2. The molecular formula is C26H28N6O2S. The van der Waals surface area contributed by atoms with E-state index in [4.69, 9.17) is 0 Å². The molecule has 9 heteroatoms. The molecule has 1 aliphatic rings. The maximum atomic E-state index is 12.9. The fraction of sp³-hybridized carbons (Fsp3) is 0.308. The van der Waals surface area contributed by atoms with Crippen LogP contribution in [-0.2, 0) is 0 Å². The van der Waals surface area contributed by atoms with Crippen molar-refractivity contribution in [2.45, 2.75) is 13.0 Å². The van der Waals surface area contributed by atoms with Crippen LogP contribution >= 0.6 is 11.3 Å². The number of aliphatic hydroxyl groups is 1. The van der Waals surface area contributed by atoms with Crippen LogP contribution in [0.1, 0.15) is 29.0 Å². The molecule has 1 aliphatic heterocycles. The van der Waals surface area contributed by atoms with Gasteiger partial charge in [0.1, 0.15) is 17.8 Å². The van der Waals surface area contributed by atoms with Crippen LogP contribution < -0.4 is 5.32 Å². The van der Waals surface area contributed by atoms with Gasteiger partial charge in [-0.3, -0.25) is 9.78 Å². The van der Waals surface area contributed by atoms with E-state index in [2.05, 4.69) is 32.1 Å². The summed E-state index contributed by atoms with van der Waals surface area (Å²) >= 11 is 1.56. The lowest BCUT2D eigenvalue weighted by Crippen LogP contribution is -2.48. The number of aromatic nitrogens is 3. The van der Waals surface area contributed by atoms with Gasteiger partial charge in [-0.15, -0.1) is 11.3 Å². The third-order valence-corrected chi connectivity index (χ3v) is 7.56. The molecule has 0 radical (unpaired) electrons. The van der Waals surface area contributed by atoms with Crippen LogP contribution in [0.5, 0.6) is 0 Å². The predicted octanol–water partition coefficient (Wildman–Crippen LogP) is 3.68. The summed E-state index contributed by atoms with van der Waals surface area (Å²) in [6, 6.07) is 15.3. The Morgan fingerprint density at radius 3 is 2.57 bits per heavy atom. The standard InChI is InChI=1S/C26H28N6O2S/c1-2-31-10-12-32(13-11-31)26(34)20-9-8-19(15-27-20)23-14-21-24(35-23)25(29-17-28-21)30-22(16-33)18-6-4-3-5-7-18/h3-9,14-15,17,22,33H,2,10-13,16H2,1H3,(H,28,29,30)/t22-/m1/s1. The Labute approximate surface area is 208 Å². The molecule has 1 amide bonds. The molecule has 35 heavy (non-hydrogen) atoms. The molecule has 8 nitrogen and oxygen atoms in total. The van der Waals surface area contributed by atoms with Gasteiger partial charge in [-0.05, 0) is 30.3 Å². The molecule has 5 rings (SSSR count). The number of hydrogen-bond donors (Lipinski definition) is 2. The summed E-state index contributed by atoms with van der Waals surface area (Å²) in [6.07, 6.45) is 3.28. The molecule has 0 saturated carbocycles. The molecule has 2 N–H and O–H groups in total. The predicted molar refractivity (Wildman–Crippen MR) is 139 cm³/mol. The second-order valence-corrected chi connectivity index (χ2v) is 9.55. The number of fused-ring (bicyclic) bond motifs is 1. The van der Waals surface area contributed by atoms with Crippen LogP contribution in [-0.4, -0.2) is 75.1 Å². The quantitative estimate of drug-likeness (QED) is 0.410. The number of amides is 1. The maximum absolute atomic E-state index is 12.9. The van der Waals surface area contributed by atoms with Gasteiger partial charge >= 0.3 is 0 Å². The van der Waals surface area contributed by atoms with E-state index in [1.807, 2.05) is 47.4 Å². The van der Waals surface area contributed by atoms with Gasteiger partial charge in [0, 0.05) is 42.8 Å². The number of pyridine rings is 1. The summed E-state index contributed by atoms with van der Waals surface area (Å²) in [5, 5.41) is 13.3. The third kappa shape index (κ3) is 5.02. The van der Waals surface area contributed by atoms with E-state index in [9.17, 15) is 9.90 Å². The van der Waals surface area contributed by atoms with Crippen molar-refractivity contribution in [2.75, 3.05) is 44.6 Å². The van der Waals surface area contributed by atoms with Gasteiger partial charge in [-0.1, -0.05) is 37.3 Å². The number of thiophene rings is 1. The zero-order valence-electron chi connectivity index (χ0n) is 19.6. The second-order valence-electron chi connectivity index (χ2n) is 8.50. The summed E-state index contributed by atoms with van der Waals surface area (Å²) in [6.45, 7) is 6.38. The summed E-state index contributed by atoms with van der Waals surface area (Å²) in [4.78, 5) is 31.4. The Morgan fingerprint density at radius 2 is 1.89 bits per heavy atom. The highest BCUT2D eigenvalue weighted by molar-refractivity contribution is 7.22. The number of likely N-dealkylation sites (N-methyl/N-ethyl adjacent to an activating group) is 1. The number of rotatable bonds is 7. The summed E-state index contributed by atoms with van der Waals surface area (Å²) < 4.78 is 0.908. The van der Waals surface area contributed by atoms with Crippen molar-refractivity contribution in [1.29, 1.82) is 0 Å². The second kappa shape index (κ2) is 10.5. The molecule has 4 heterocycles. The number of benzene rings is 1. The van der Waals surface area contributed by atoms with Gasteiger partial charge in [0.25, 0.3) is 5.91 Å². The van der Waals surface area contributed by atoms with Crippen molar-refractivity contribution in [3.8, 4) is 10.4 Å². The van der Waals surface area contributed by atoms with Crippen molar-refractivity contribution in [3.05, 3.63) is 72.3 Å². The van der Waals surface area contributed by atoms with Crippen LogP contribution in [0.2, 0.25) is 0 Å². The highest BCUT2D eigenvalue weighted by Gasteiger charge is 2.22. The molecule has 1 fully saturated rings. The van der Waals surface area contributed by atoms with Gasteiger partial charge in [0.2, 0.25) is 0 Å². The van der Waals surface area contributed by atoms with Crippen LogP contribution in [0, 0.1) is 0 Å². The smallest absolute Gasteiger partial charge is 0.272 e. The summed E-state index contributed by atoms with van der Waals surface area (Å²) in [7, 11) is 0. The van der Waals surface area contributed by atoms with Crippen LogP contribution in [0.4, 0.5) is 5.82 Å². The molecule has 0 aliphatic carbocycles. The summed E-state index contributed by atoms with van der Waals surface area (Å²) in [5.41, 5.74) is 3.20. The molecule has 4 aromatic rings. The molecule has 1 atom stereocenters. The van der Waals surface area contributed by atoms with Crippen LogP contribution in [0.15, 0.2) is 61.1 Å². The van der Waals surface area contributed by atoms with Crippen molar-refractivity contribution in [1.82, 2.24) is 24.8 Å². The van der Waals surface area contributed by atoms with E-state index in [1.54, 1.807) is 23.6 Å². The Kier molecular flexibility index (Phi) is 6.98. The number of nitrogens with zero attached hydrogens (tertiary/aromatic N) is 5. The molecule has 1 saturated heterocycles. The highest BCUT2D eigenvalue weighted by Crippen LogP contribution is 2.36. The molecule has 3 aromatic heterocycles. The molecule has 0 spiro atoms. The number of anilines is 1. The van der Waals surface area contributed by atoms with Crippen molar-refractivity contribution < 1.29 is 9.90 Å². The van der Waals surface area contributed by atoms with Gasteiger partial charge in [0.15, 0.2) is 0 Å². The molecular weight excluding hydrogens is 460 g/mol. The minimum Gasteiger partial charge on any atom is -0.394 e. The molecule has 0 unspecified atom stereocenters. The van der Waals surface area contributed by atoms with Crippen molar-refractivity contribution in [2.24, 2.45) is 0 Å². The number of aliphatic hydroxyl groups excluding tert-OH is 1. The Bertz CT molecular complexity index is 1290. The fourth-order valence-electron chi connectivity index (χ4n) is 4.28. The maximum Gasteiger partial charge on any atom is 0.272 e. The minimum absolute atomic E-state index is 0.0167. The molecule has 180 valence electrons. The van der Waals surface area contributed by atoms with Crippen molar-refractivity contribution in [3.63, 3.8) is 0 Å². The van der Waals surface area contributed by atoms with E-state index in [0.29, 0.717) is 11.5 Å². The van der Waals surface area contributed by atoms with E-state index in [1.165, 1.54) is 6.33 Å². The largest absolute Gasteiger partial charge is 0.394 e. The van der Waals surface area contributed by atoms with E-state index in [0.717, 1.165) is 58.9 Å². The third-order valence-electron chi connectivity index (χ3n) is 6.38. The Morgan fingerprint density at radius 1 is 1.09 bits per heavy atom. The van der Waals surface area contributed by atoms with Crippen LogP contribution in [0.25, 0.3) is 20.7 Å². The number of piperazine rings is 1. The average molecular weight is 489 g/mol. The zero-order valence-corrected chi connectivity index (χ0v) is 20.4. The first kappa shape index (κ1) is 23.3. The van der Waals surface area contributed by atoms with Crippen LogP contribution in [0.3, 0.4) is 0 Å². The van der Waals surface area contributed by atoms with Gasteiger partial charge in [-0.25, -0.2) is 9.97 Å². The normalized spacial score (nSPS) is 15.3. The first-order valence-corrected chi connectivity index (χ1v) is 12.6. The number of hydrogen-bond acceptors (Lipinski definition) is 8.